The van der Waals surface area contributed by atoms with Crippen LogP contribution in [0.15, 0.2) is 0 Å². The predicted molar refractivity (Wildman–Crippen MR) is 55.0 cm³/mol. The lowest BCUT2D eigenvalue weighted by Crippen LogP contribution is -2.46. The smallest absolute Gasteiger partial charge is 0.330 e. The van der Waals surface area contributed by atoms with Gasteiger partial charge in [-0.25, -0.2) is 13.1 Å². The summed E-state index contributed by atoms with van der Waals surface area (Å²) in [5.41, 5.74) is 4.86. The van der Waals surface area contributed by atoms with Crippen LogP contribution in [0.3, 0.4) is 0 Å². The number of nitrogens with two attached hydrogens (primary N) is 1. The molecule has 1 unspecified atom stereocenters. The highest BCUT2D eigenvalue weighted by Crippen LogP contribution is 2.23. The fraction of sp³-hybridized carbons (Fsp3) is 1.00. The Morgan fingerprint density at radius 2 is 1.80 bits per heavy atom. The van der Waals surface area contributed by atoms with Gasteiger partial charge in [-0.3, -0.25) is 0 Å². The molecule has 0 aromatic rings. The summed E-state index contributed by atoms with van der Waals surface area (Å²) in [6.45, 7) is 5.54. The van der Waals surface area contributed by atoms with Crippen molar-refractivity contribution in [2.75, 3.05) is 6.54 Å². The Labute approximate surface area is 89.3 Å². The fourth-order valence-electron chi connectivity index (χ4n) is 1.09. The molecule has 0 heterocycles. The zero-order chi connectivity index (χ0) is 12.3. The summed E-state index contributed by atoms with van der Waals surface area (Å²) in [5.74, 6) is -3.40. The average Bonchev–Trinajstić information content (AvgIpc) is 2.01. The van der Waals surface area contributed by atoms with Gasteiger partial charge < -0.3 is 5.73 Å². The Morgan fingerprint density at radius 1 is 1.33 bits per heavy atom. The maximum absolute atomic E-state index is 12.1. The van der Waals surface area contributed by atoms with Crippen molar-refractivity contribution in [1.82, 2.24) is 4.72 Å². The van der Waals surface area contributed by atoms with Gasteiger partial charge in [0.25, 0.3) is 10.0 Å². The van der Waals surface area contributed by atoms with Crippen molar-refractivity contribution in [2.45, 2.75) is 39.0 Å². The first-order valence-electron chi connectivity index (χ1n) is 4.60. The van der Waals surface area contributed by atoms with Gasteiger partial charge in [-0.15, -0.1) is 0 Å². The van der Waals surface area contributed by atoms with E-state index in [1.807, 2.05) is 4.72 Å². The van der Waals surface area contributed by atoms with Crippen LogP contribution in [0.5, 0.6) is 0 Å². The monoisotopic (exact) mass is 244 g/mol. The summed E-state index contributed by atoms with van der Waals surface area (Å²) in [6, 6.07) is -0.582. The predicted octanol–water partition coefficient (Wildman–Crippen LogP) is 0.892. The lowest BCUT2D eigenvalue weighted by molar-refractivity contribution is 0.223. The molecule has 0 radical (unpaired) electrons. The molecule has 0 bridgehead atoms. The molecule has 0 amide bonds. The molecule has 0 fully saturated rings. The first-order valence-corrected chi connectivity index (χ1v) is 6.15. The fourth-order valence-corrected chi connectivity index (χ4v) is 2.06. The number of hydrogen-bond donors (Lipinski definition) is 2. The van der Waals surface area contributed by atoms with Gasteiger partial charge >= 0.3 is 5.76 Å². The summed E-state index contributed by atoms with van der Waals surface area (Å²) in [5, 5.41) is 0. The van der Waals surface area contributed by atoms with Crippen molar-refractivity contribution >= 4 is 10.0 Å². The maximum atomic E-state index is 12.1. The van der Waals surface area contributed by atoms with E-state index < -0.39 is 27.2 Å². The van der Waals surface area contributed by atoms with E-state index in [9.17, 15) is 17.2 Å². The third-order valence-electron chi connectivity index (χ3n) is 2.04. The molecule has 0 saturated carbocycles. The number of nitrogens with one attached hydrogen (secondary N) is 1. The first kappa shape index (κ1) is 14.7. The van der Waals surface area contributed by atoms with Gasteiger partial charge in [0.2, 0.25) is 0 Å². The minimum absolute atomic E-state index is 0.244. The van der Waals surface area contributed by atoms with Crippen molar-refractivity contribution in [1.29, 1.82) is 0 Å². The first-order chi connectivity index (χ1) is 6.61. The molecule has 0 aliphatic rings. The zero-order valence-corrected chi connectivity index (χ0v) is 9.94. The largest absolute Gasteiger partial charge is 0.350 e. The van der Waals surface area contributed by atoms with Crippen LogP contribution < -0.4 is 10.5 Å². The summed E-state index contributed by atoms with van der Waals surface area (Å²) >= 11 is 0. The van der Waals surface area contributed by atoms with Crippen molar-refractivity contribution in [3.63, 3.8) is 0 Å². The molecule has 15 heavy (non-hydrogen) atoms. The van der Waals surface area contributed by atoms with E-state index in [1.54, 1.807) is 20.8 Å². The van der Waals surface area contributed by atoms with Crippen LogP contribution in [0.1, 0.15) is 27.2 Å². The summed E-state index contributed by atoms with van der Waals surface area (Å²) in [6.07, 6.45) is 0.329. The van der Waals surface area contributed by atoms with E-state index in [4.69, 9.17) is 5.73 Å². The SMILES string of the molecule is CC(C)(C)C(CCN)NS(=O)(=O)C(F)F. The second-order valence-electron chi connectivity index (χ2n) is 4.42. The maximum Gasteiger partial charge on any atom is 0.350 e. The third kappa shape index (κ3) is 4.85. The number of alkyl halides is 2. The Balaban J connectivity index is 4.71. The van der Waals surface area contributed by atoms with E-state index in [-0.39, 0.29) is 6.54 Å². The second-order valence-corrected chi connectivity index (χ2v) is 6.10. The van der Waals surface area contributed by atoms with Gasteiger partial charge in [0, 0.05) is 6.04 Å². The minimum Gasteiger partial charge on any atom is -0.330 e. The molecule has 0 saturated heterocycles. The number of hydrogen-bond acceptors (Lipinski definition) is 3. The van der Waals surface area contributed by atoms with Gasteiger partial charge in [0.15, 0.2) is 0 Å². The molecule has 3 N–H and O–H groups in total. The molecule has 7 heteroatoms. The Kier molecular flexibility index (Phi) is 5.08. The summed E-state index contributed by atoms with van der Waals surface area (Å²) < 4.78 is 48.1. The van der Waals surface area contributed by atoms with Crippen LogP contribution in [0.25, 0.3) is 0 Å². The Hall–Kier alpha value is -0.270. The zero-order valence-electron chi connectivity index (χ0n) is 9.13. The van der Waals surface area contributed by atoms with E-state index >= 15 is 0 Å². The molecular weight excluding hydrogens is 226 g/mol. The molecular formula is C8H18F2N2O2S. The highest BCUT2D eigenvalue weighted by molar-refractivity contribution is 7.89. The molecule has 0 aromatic heterocycles. The van der Waals surface area contributed by atoms with Gasteiger partial charge in [0.05, 0.1) is 0 Å². The van der Waals surface area contributed by atoms with Crippen LogP contribution in [-0.4, -0.2) is 26.8 Å². The van der Waals surface area contributed by atoms with Crippen molar-refractivity contribution in [2.24, 2.45) is 11.1 Å². The van der Waals surface area contributed by atoms with Gasteiger partial charge in [-0.2, -0.15) is 8.78 Å². The third-order valence-corrected chi connectivity index (χ3v) is 3.12. The van der Waals surface area contributed by atoms with Crippen molar-refractivity contribution < 1.29 is 17.2 Å². The number of sulfonamides is 1. The quantitative estimate of drug-likeness (QED) is 0.754. The van der Waals surface area contributed by atoms with Crippen LogP contribution in [0, 0.1) is 5.41 Å². The van der Waals surface area contributed by atoms with Gasteiger partial charge in [-0.05, 0) is 18.4 Å². The molecule has 1 atom stereocenters. The molecule has 0 aliphatic carbocycles. The van der Waals surface area contributed by atoms with E-state index in [0.29, 0.717) is 6.42 Å². The molecule has 0 rings (SSSR count). The Bertz CT molecular complexity index is 286. The lowest BCUT2D eigenvalue weighted by atomic mass is 9.85. The molecule has 0 spiro atoms. The summed E-state index contributed by atoms with van der Waals surface area (Å²) in [4.78, 5) is 0. The van der Waals surface area contributed by atoms with Crippen molar-refractivity contribution in [3.8, 4) is 0 Å². The van der Waals surface area contributed by atoms with E-state index in [2.05, 4.69) is 0 Å². The lowest BCUT2D eigenvalue weighted by Gasteiger charge is -2.30. The van der Waals surface area contributed by atoms with Gasteiger partial charge in [-0.1, -0.05) is 20.8 Å². The van der Waals surface area contributed by atoms with E-state index in [0.717, 1.165) is 0 Å². The number of halogens is 2. The molecule has 0 aromatic carbocycles. The number of rotatable bonds is 5. The molecule has 4 nitrogen and oxygen atoms in total. The van der Waals surface area contributed by atoms with Crippen LogP contribution in [0.2, 0.25) is 0 Å². The second kappa shape index (κ2) is 5.18. The topological polar surface area (TPSA) is 72.2 Å². The minimum atomic E-state index is -4.54. The van der Waals surface area contributed by atoms with E-state index in [1.165, 1.54) is 0 Å². The van der Waals surface area contributed by atoms with Gasteiger partial charge in [0.1, 0.15) is 0 Å². The standard InChI is InChI=1S/C8H18F2N2O2S/c1-8(2,3)6(4-5-11)12-15(13,14)7(9)10/h6-7,12H,4-5,11H2,1-3H3. The van der Waals surface area contributed by atoms with Crippen LogP contribution in [-0.2, 0) is 10.0 Å². The summed E-state index contributed by atoms with van der Waals surface area (Å²) in [7, 11) is -4.54. The molecule has 92 valence electrons. The normalized spacial score (nSPS) is 15.7. The molecule has 0 aliphatic heterocycles. The van der Waals surface area contributed by atoms with Crippen LogP contribution in [0.4, 0.5) is 8.78 Å². The highest BCUT2D eigenvalue weighted by atomic mass is 32.2. The van der Waals surface area contributed by atoms with Crippen molar-refractivity contribution in [3.05, 3.63) is 0 Å². The van der Waals surface area contributed by atoms with Crippen LogP contribution >= 0.6 is 0 Å². The Morgan fingerprint density at radius 3 is 2.07 bits per heavy atom. The highest BCUT2D eigenvalue weighted by Gasteiger charge is 2.32. The average molecular weight is 244 g/mol.